The van der Waals surface area contributed by atoms with Crippen LogP contribution in [0, 0.1) is 0 Å². The Morgan fingerprint density at radius 3 is 2.47 bits per heavy atom. The van der Waals surface area contributed by atoms with E-state index >= 15 is 0 Å². The summed E-state index contributed by atoms with van der Waals surface area (Å²) in [5.74, 6) is 1.00. The summed E-state index contributed by atoms with van der Waals surface area (Å²) in [5.41, 5.74) is 1.43. The molecule has 1 aromatic rings. The molecule has 19 heavy (non-hydrogen) atoms. The fraction of sp³-hybridized carbons (Fsp3) is 0.647. The third-order valence-electron chi connectivity index (χ3n) is 3.78. The van der Waals surface area contributed by atoms with E-state index in [4.69, 9.17) is 4.74 Å². The zero-order chi connectivity index (χ0) is 13.3. The third-order valence-corrected chi connectivity index (χ3v) is 3.78. The molecule has 2 heteroatoms. The first kappa shape index (κ1) is 14.4. The first-order chi connectivity index (χ1) is 9.38. The van der Waals surface area contributed by atoms with Crippen molar-refractivity contribution in [1.82, 2.24) is 4.90 Å². The summed E-state index contributed by atoms with van der Waals surface area (Å²) in [6, 6.07) is 8.63. The van der Waals surface area contributed by atoms with Crippen LogP contribution in [0.15, 0.2) is 24.3 Å². The SMILES string of the molecule is CCCOc1ccc(CCCN2CCCCC2)cc1. The molecule has 2 nitrogen and oxygen atoms in total. The average Bonchev–Trinajstić information content (AvgIpc) is 2.47. The van der Waals surface area contributed by atoms with Gasteiger partial charge in [0.1, 0.15) is 5.75 Å². The van der Waals surface area contributed by atoms with Crippen molar-refractivity contribution in [3.8, 4) is 5.75 Å². The van der Waals surface area contributed by atoms with Crippen LogP contribution in [0.1, 0.15) is 44.6 Å². The summed E-state index contributed by atoms with van der Waals surface area (Å²) in [6.45, 7) is 6.82. The Balaban J connectivity index is 1.67. The maximum atomic E-state index is 5.60. The van der Waals surface area contributed by atoms with Gasteiger partial charge in [0.15, 0.2) is 0 Å². The number of rotatable bonds is 7. The van der Waals surface area contributed by atoms with Gasteiger partial charge in [0, 0.05) is 0 Å². The molecule has 2 rings (SSSR count). The van der Waals surface area contributed by atoms with E-state index in [9.17, 15) is 0 Å². The summed E-state index contributed by atoms with van der Waals surface area (Å²) in [7, 11) is 0. The van der Waals surface area contributed by atoms with Crippen LogP contribution < -0.4 is 4.74 Å². The van der Waals surface area contributed by atoms with Gasteiger partial charge < -0.3 is 9.64 Å². The molecule has 0 saturated carbocycles. The quantitative estimate of drug-likeness (QED) is 0.738. The molecule has 1 aliphatic heterocycles. The molecule has 0 N–H and O–H groups in total. The maximum absolute atomic E-state index is 5.60. The van der Waals surface area contributed by atoms with E-state index < -0.39 is 0 Å². The van der Waals surface area contributed by atoms with Gasteiger partial charge in [0.05, 0.1) is 6.61 Å². The van der Waals surface area contributed by atoms with Crippen LogP contribution in [-0.2, 0) is 6.42 Å². The normalized spacial score (nSPS) is 16.5. The number of aryl methyl sites for hydroxylation is 1. The molecule has 1 aliphatic rings. The minimum absolute atomic E-state index is 0.814. The van der Waals surface area contributed by atoms with Crippen molar-refractivity contribution in [2.24, 2.45) is 0 Å². The standard InChI is InChI=1S/C17H27NO/c1-2-15-19-17-10-8-16(9-11-17)7-6-14-18-12-4-3-5-13-18/h8-11H,2-7,12-15H2,1H3. The van der Waals surface area contributed by atoms with E-state index in [0.29, 0.717) is 0 Å². The number of benzene rings is 1. The van der Waals surface area contributed by atoms with Gasteiger partial charge in [-0.15, -0.1) is 0 Å². The summed E-state index contributed by atoms with van der Waals surface area (Å²) < 4.78 is 5.60. The molecule has 0 bridgehead atoms. The highest BCUT2D eigenvalue weighted by Gasteiger charge is 2.08. The van der Waals surface area contributed by atoms with Crippen molar-refractivity contribution < 1.29 is 4.74 Å². The molecule has 0 spiro atoms. The number of likely N-dealkylation sites (tertiary alicyclic amines) is 1. The Labute approximate surface area is 117 Å². The zero-order valence-electron chi connectivity index (χ0n) is 12.2. The second-order valence-electron chi connectivity index (χ2n) is 5.50. The second-order valence-corrected chi connectivity index (χ2v) is 5.50. The summed E-state index contributed by atoms with van der Waals surface area (Å²) in [5, 5.41) is 0. The average molecular weight is 261 g/mol. The van der Waals surface area contributed by atoms with Crippen LogP contribution in [0.5, 0.6) is 5.75 Å². The smallest absolute Gasteiger partial charge is 0.119 e. The number of hydrogen-bond acceptors (Lipinski definition) is 2. The third kappa shape index (κ3) is 5.23. The van der Waals surface area contributed by atoms with Crippen LogP contribution in [0.4, 0.5) is 0 Å². The molecule has 0 atom stereocenters. The highest BCUT2D eigenvalue weighted by atomic mass is 16.5. The van der Waals surface area contributed by atoms with Crippen LogP contribution in [0.2, 0.25) is 0 Å². The van der Waals surface area contributed by atoms with Crippen LogP contribution in [0.25, 0.3) is 0 Å². The molecule has 1 fully saturated rings. The lowest BCUT2D eigenvalue weighted by atomic mass is 10.1. The maximum Gasteiger partial charge on any atom is 0.119 e. The Kier molecular flexibility index (Phi) is 6.22. The largest absolute Gasteiger partial charge is 0.494 e. The molecule has 0 unspecified atom stereocenters. The van der Waals surface area contributed by atoms with E-state index in [1.807, 2.05) is 0 Å². The molecular weight excluding hydrogens is 234 g/mol. The fourth-order valence-corrected chi connectivity index (χ4v) is 2.66. The van der Waals surface area contributed by atoms with Gasteiger partial charge in [-0.1, -0.05) is 25.5 Å². The Morgan fingerprint density at radius 1 is 1.05 bits per heavy atom. The minimum Gasteiger partial charge on any atom is -0.494 e. The van der Waals surface area contributed by atoms with E-state index in [0.717, 1.165) is 18.8 Å². The van der Waals surface area contributed by atoms with E-state index in [2.05, 4.69) is 36.1 Å². The van der Waals surface area contributed by atoms with Gasteiger partial charge in [0.2, 0.25) is 0 Å². The van der Waals surface area contributed by atoms with Crippen LogP contribution in [0.3, 0.4) is 0 Å². The highest BCUT2D eigenvalue weighted by Crippen LogP contribution is 2.14. The van der Waals surface area contributed by atoms with Gasteiger partial charge in [-0.25, -0.2) is 0 Å². The number of hydrogen-bond donors (Lipinski definition) is 0. The van der Waals surface area contributed by atoms with E-state index in [1.54, 1.807) is 0 Å². The topological polar surface area (TPSA) is 12.5 Å². The molecule has 1 heterocycles. The predicted molar refractivity (Wildman–Crippen MR) is 80.8 cm³/mol. The molecule has 0 aliphatic carbocycles. The molecule has 0 radical (unpaired) electrons. The van der Waals surface area contributed by atoms with Crippen molar-refractivity contribution in [3.05, 3.63) is 29.8 Å². The van der Waals surface area contributed by atoms with Gasteiger partial charge in [-0.2, -0.15) is 0 Å². The van der Waals surface area contributed by atoms with Crippen molar-refractivity contribution in [2.45, 2.75) is 45.4 Å². The Bertz CT molecular complexity index is 341. The summed E-state index contributed by atoms with van der Waals surface area (Å²) in [6.07, 6.45) is 7.74. The van der Waals surface area contributed by atoms with Gasteiger partial charge in [0.25, 0.3) is 0 Å². The number of piperidine rings is 1. The highest BCUT2D eigenvalue weighted by molar-refractivity contribution is 5.27. The molecule has 0 aromatic heterocycles. The van der Waals surface area contributed by atoms with E-state index in [-0.39, 0.29) is 0 Å². The lowest BCUT2D eigenvalue weighted by Gasteiger charge is -2.26. The van der Waals surface area contributed by atoms with Crippen molar-refractivity contribution >= 4 is 0 Å². The summed E-state index contributed by atoms with van der Waals surface area (Å²) in [4.78, 5) is 2.61. The fourth-order valence-electron chi connectivity index (χ4n) is 2.66. The lowest BCUT2D eigenvalue weighted by molar-refractivity contribution is 0.226. The molecular formula is C17H27NO. The van der Waals surface area contributed by atoms with Crippen molar-refractivity contribution in [3.63, 3.8) is 0 Å². The first-order valence-electron chi connectivity index (χ1n) is 7.82. The zero-order valence-corrected chi connectivity index (χ0v) is 12.2. The lowest BCUT2D eigenvalue weighted by Crippen LogP contribution is -2.30. The monoisotopic (exact) mass is 261 g/mol. The first-order valence-corrected chi connectivity index (χ1v) is 7.82. The molecule has 0 amide bonds. The number of ether oxygens (including phenoxy) is 1. The second kappa shape index (κ2) is 8.21. The van der Waals surface area contributed by atoms with Gasteiger partial charge in [-0.3, -0.25) is 0 Å². The molecule has 1 aromatic carbocycles. The Hall–Kier alpha value is -1.02. The van der Waals surface area contributed by atoms with Crippen molar-refractivity contribution in [1.29, 1.82) is 0 Å². The molecule has 106 valence electrons. The Morgan fingerprint density at radius 2 is 1.79 bits per heavy atom. The van der Waals surface area contributed by atoms with Crippen molar-refractivity contribution in [2.75, 3.05) is 26.2 Å². The van der Waals surface area contributed by atoms with Gasteiger partial charge in [-0.05, 0) is 69.4 Å². The van der Waals surface area contributed by atoms with Crippen LogP contribution >= 0.6 is 0 Å². The molecule has 1 saturated heterocycles. The minimum atomic E-state index is 0.814. The van der Waals surface area contributed by atoms with Crippen LogP contribution in [-0.4, -0.2) is 31.1 Å². The predicted octanol–water partition coefficient (Wildman–Crippen LogP) is 3.89. The summed E-state index contributed by atoms with van der Waals surface area (Å²) >= 11 is 0. The number of nitrogens with zero attached hydrogens (tertiary/aromatic N) is 1. The van der Waals surface area contributed by atoms with E-state index in [1.165, 1.54) is 57.3 Å². The van der Waals surface area contributed by atoms with Gasteiger partial charge >= 0.3 is 0 Å².